The summed E-state index contributed by atoms with van der Waals surface area (Å²) >= 11 is -2.07. The first kappa shape index (κ1) is 26.3. The van der Waals surface area contributed by atoms with Crippen molar-refractivity contribution in [2.75, 3.05) is 6.61 Å². The SMILES string of the molecule is C[Si](C)(C)OCCCC1=Cc2ccccc2C1C1=[C]([Zr]([CH3])([CH3])=[SiH2])C=CC1.Cl.Cl. The average molecular weight is 534 g/mol. The van der Waals surface area contributed by atoms with Gasteiger partial charge >= 0.3 is 167 Å². The molecule has 2 aliphatic rings. The molecule has 1 atom stereocenters. The summed E-state index contributed by atoms with van der Waals surface area (Å²) in [5.74, 6) is 0.517. The Labute approximate surface area is 190 Å². The number of benzene rings is 1. The predicted octanol–water partition coefficient (Wildman–Crippen LogP) is 6.65. The second kappa shape index (κ2) is 10.6. The van der Waals surface area contributed by atoms with E-state index in [0.29, 0.717) is 5.92 Å². The number of fused-ring (bicyclic) bond motifs is 1. The summed E-state index contributed by atoms with van der Waals surface area (Å²) in [6.07, 6.45) is 10.8. The Kier molecular flexibility index (Phi) is 9.92. The van der Waals surface area contributed by atoms with Gasteiger partial charge in [0.1, 0.15) is 0 Å². The van der Waals surface area contributed by atoms with Crippen LogP contribution in [-0.4, -0.2) is 21.8 Å². The van der Waals surface area contributed by atoms with Gasteiger partial charge in [-0.25, -0.2) is 0 Å². The van der Waals surface area contributed by atoms with E-state index in [9.17, 15) is 0 Å². The Morgan fingerprint density at radius 1 is 1.14 bits per heavy atom. The Balaban J connectivity index is 0.00000196. The standard InChI is InChI=1S/C20H25OSi.2CH3.2ClH.H2Si.Zr/c1-22(2,3)21-14-8-12-18-15-17-11-6-7-13-19(17)20(18)16-9-4-5-10-16;;;;;;/h4-7,11,13,15,20H,8-9,12,14H2,1-3H3;2*1H3;2*1H;1H2;. The third kappa shape index (κ3) is 6.40. The van der Waals surface area contributed by atoms with Gasteiger partial charge in [0.2, 0.25) is 0 Å². The summed E-state index contributed by atoms with van der Waals surface area (Å²) in [7, 11) is -1.41. The van der Waals surface area contributed by atoms with Crippen molar-refractivity contribution in [3.63, 3.8) is 0 Å². The van der Waals surface area contributed by atoms with Gasteiger partial charge in [-0.3, -0.25) is 0 Å². The van der Waals surface area contributed by atoms with E-state index in [2.05, 4.69) is 78.3 Å². The van der Waals surface area contributed by atoms with Crippen LogP contribution in [0.3, 0.4) is 0 Å². The molecule has 155 valence electrons. The van der Waals surface area contributed by atoms with Crippen LogP contribution >= 0.6 is 24.8 Å². The normalized spacial score (nSPS) is 18.5. The van der Waals surface area contributed by atoms with Crippen LogP contribution in [0.15, 0.2) is 50.8 Å². The van der Waals surface area contributed by atoms with E-state index in [0.717, 1.165) is 25.9 Å². The molecule has 6 heteroatoms. The van der Waals surface area contributed by atoms with Crippen LogP contribution in [0.1, 0.15) is 36.3 Å². The summed E-state index contributed by atoms with van der Waals surface area (Å²) in [6, 6.07) is 9.03. The monoisotopic (exact) mass is 531 g/mol. The number of halogens is 2. The van der Waals surface area contributed by atoms with E-state index in [1.165, 1.54) is 11.1 Å². The van der Waals surface area contributed by atoms with E-state index in [4.69, 9.17) is 4.43 Å². The summed E-state index contributed by atoms with van der Waals surface area (Å²) in [4.78, 5) is 0. The molecule has 1 aromatic carbocycles. The first-order valence-corrected chi connectivity index (χ1v) is 25.3. The van der Waals surface area contributed by atoms with Gasteiger partial charge in [-0.05, 0) is 0 Å². The second-order valence-corrected chi connectivity index (χ2v) is 34.8. The first-order valence-electron chi connectivity index (χ1n) is 9.85. The maximum Gasteiger partial charge on any atom is -0.147 e. The van der Waals surface area contributed by atoms with Crippen molar-refractivity contribution >= 4 is 46.1 Å². The maximum absolute atomic E-state index is 6.10. The van der Waals surface area contributed by atoms with E-state index < -0.39 is 27.2 Å². The third-order valence-electron chi connectivity index (χ3n) is 5.21. The van der Waals surface area contributed by atoms with Crippen LogP contribution in [-0.2, 0) is 23.3 Å². The molecular formula is C22H35Cl2OSi2Zr. The van der Waals surface area contributed by atoms with E-state index >= 15 is 0 Å². The van der Waals surface area contributed by atoms with Crippen molar-refractivity contribution in [2.45, 2.75) is 54.1 Å². The number of rotatable bonds is 7. The molecule has 0 aromatic heterocycles. The van der Waals surface area contributed by atoms with Gasteiger partial charge in [-0.2, -0.15) is 0 Å². The Morgan fingerprint density at radius 2 is 1.82 bits per heavy atom. The molecule has 0 amide bonds. The van der Waals surface area contributed by atoms with Gasteiger partial charge in [0.25, 0.3) is 0 Å². The Hall–Kier alpha value is 0.297. The zero-order valence-electron chi connectivity index (χ0n) is 17.9. The van der Waals surface area contributed by atoms with Crippen molar-refractivity contribution in [2.24, 2.45) is 0 Å². The second-order valence-electron chi connectivity index (χ2n) is 9.27. The molecule has 1 aromatic rings. The average Bonchev–Trinajstić information content (AvgIpc) is 3.13. The molecule has 0 aliphatic heterocycles. The number of hydrogen-bond donors (Lipinski definition) is 0. The minimum Gasteiger partial charge on any atom is -0.147 e. The fourth-order valence-corrected chi connectivity index (χ4v) is 11.1. The molecule has 0 spiro atoms. The first-order chi connectivity index (χ1) is 12.2. The van der Waals surface area contributed by atoms with Crippen LogP contribution in [0, 0.1) is 0 Å². The zero-order chi connectivity index (χ0) is 18.9. The summed E-state index contributed by atoms with van der Waals surface area (Å²) in [6.45, 7) is 10.0. The smallest absolute Gasteiger partial charge is 0.147 e. The van der Waals surface area contributed by atoms with Crippen LogP contribution in [0.25, 0.3) is 6.08 Å². The molecule has 0 saturated carbocycles. The minimum atomic E-state index is -2.07. The topological polar surface area (TPSA) is 9.23 Å². The van der Waals surface area contributed by atoms with E-state index in [1.807, 2.05) is 0 Å². The van der Waals surface area contributed by atoms with Crippen molar-refractivity contribution in [3.05, 3.63) is 62.0 Å². The molecule has 0 N–H and O–H groups in total. The molecule has 1 nitrogen and oxygen atoms in total. The van der Waals surface area contributed by atoms with Gasteiger partial charge in [-0.1, -0.05) is 0 Å². The van der Waals surface area contributed by atoms with Crippen molar-refractivity contribution in [3.8, 4) is 0 Å². The summed E-state index contributed by atoms with van der Waals surface area (Å²) in [5, 5.41) is 0. The Morgan fingerprint density at radius 3 is 2.46 bits per heavy atom. The Bertz CT molecular complexity index is 831. The maximum atomic E-state index is 6.10. The van der Waals surface area contributed by atoms with Crippen molar-refractivity contribution < 1.29 is 23.3 Å². The van der Waals surface area contributed by atoms with Gasteiger partial charge in [0.15, 0.2) is 0 Å². The number of allylic oxidation sites excluding steroid dienone is 5. The van der Waals surface area contributed by atoms with Crippen molar-refractivity contribution in [1.82, 2.24) is 0 Å². The molecule has 3 rings (SSSR count). The molecule has 0 bridgehead atoms. The summed E-state index contributed by atoms with van der Waals surface area (Å²) in [5.41, 5.74) is 6.29. The quantitative estimate of drug-likeness (QED) is 0.281. The molecule has 0 fully saturated rings. The molecule has 28 heavy (non-hydrogen) atoms. The molecule has 0 saturated heterocycles. The van der Waals surface area contributed by atoms with Gasteiger partial charge < -0.3 is 0 Å². The molecular weight excluding hydrogens is 499 g/mol. The van der Waals surface area contributed by atoms with Crippen LogP contribution in [0.5, 0.6) is 0 Å². The molecule has 0 heterocycles. The molecule has 2 aliphatic carbocycles. The van der Waals surface area contributed by atoms with Crippen molar-refractivity contribution in [1.29, 1.82) is 0 Å². The van der Waals surface area contributed by atoms with Gasteiger partial charge in [-0.15, -0.1) is 24.8 Å². The molecule has 1 unspecified atom stereocenters. The fourth-order valence-electron chi connectivity index (χ4n) is 4.13. The zero-order valence-corrected chi connectivity index (χ0v) is 24.4. The third-order valence-corrected chi connectivity index (χ3v) is 13.3. The largest absolute Gasteiger partial charge is 0.147 e. The number of hydrogen-bond acceptors (Lipinski definition) is 1. The summed E-state index contributed by atoms with van der Waals surface area (Å²) < 4.78 is 13.0. The minimum absolute atomic E-state index is 0. The van der Waals surface area contributed by atoms with Crippen LogP contribution < -0.4 is 0 Å². The van der Waals surface area contributed by atoms with Gasteiger partial charge in [0.05, 0.1) is 0 Å². The van der Waals surface area contributed by atoms with Gasteiger partial charge in [0, 0.05) is 0 Å². The molecule has 0 radical (unpaired) electrons. The predicted molar refractivity (Wildman–Crippen MR) is 131 cm³/mol. The van der Waals surface area contributed by atoms with E-state index in [1.54, 1.807) is 14.4 Å². The van der Waals surface area contributed by atoms with Crippen LogP contribution in [0.2, 0.25) is 28.9 Å². The van der Waals surface area contributed by atoms with E-state index in [-0.39, 0.29) is 24.8 Å². The van der Waals surface area contributed by atoms with Crippen LogP contribution in [0.4, 0.5) is 0 Å². The fraction of sp³-hybridized carbons (Fsp3) is 0.455.